The van der Waals surface area contributed by atoms with Gasteiger partial charge < -0.3 is 10.1 Å². The molecule has 0 amide bonds. The van der Waals surface area contributed by atoms with Gasteiger partial charge >= 0.3 is 0 Å². The van der Waals surface area contributed by atoms with Crippen LogP contribution < -0.4 is 10.6 Å². The predicted molar refractivity (Wildman–Crippen MR) is 237 cm³/mol. The molecule has 7 unspecified atom stereocenters. The van der Waals surface area contributed by atoms with Gasteiger partial charge in [-0.15, -0.1) is 0 Å². The highest BCUT2D eigenvalue weighted by atomic mass is 16.5. The van der Waals surface area contributed by atoms with E-state index >= 15 is 0 Å². The van der Waals surface area contributed by atoms with Gasteiger partial charge in [0.25, 0.3) is 0 Å². The Kier molecular flexibility index (Phi) is 9.76. The van der Waals surface area contributed by atoms with Crippen LogP contribution in [-0.2, 0) is 11.3 Å². The van der Waals surface area contributed by atoms with Gasteiger partial charge in [-0.3, -0.25) is 5.32 Å². The van der Waals surface area contributed by atoms with E-state index in [9.17, 15) is 0 Å². The first-order valence-electron chi connectivity index (χ1n) is 20.8. The average Bonchev–Trinajstić information content (AvgIpc) is 3.88. The lowest BCUT2D eigenvalue weighted by Crippen LogP contribution is -2.29. The highest BCUT2D eigenvalue weighted by Gasteiger charge is 2.52. The molecule has 2 heterocycles. The summed E-state index contributed by atoms with van der Waals surface area (Å²) in [4.78, 5) is 0. The highest BCUT2D eigenvalue weighted by Crippen LogP contribution is 2.54. The summed E-state index contributed by atoms with van der Waals surface area (Å²) in [6, 6.07) is 57.0. The first-order valence-corrected chi connectivity index (χ1v) is 20.8. The zero-order chi connectivity index (χ0) is 39.1. The first kappa shape index (κ1) is 36.5. The molecule has 58 heavy (non-hydrogen) atoms. The van der Waals surface area contributed by atoms with Crippen LogP contribution in [-0.4, -0.2) is 29.3 Å². The van der Waals surface area contributed by atoms with E-state index in [2.05, 4.69) is 223 Å². The third-order valence-electron chi connectivity index (χ3n) is 12.7. The lowest BCUT2D eigenvalue weighted by molar-refractivity contribution is 0.0139. The Bertz CT molecular complexity index is 2480. The molecule has 2 fully saturated rings. The summed E-state index contributed by atoms with van der Waals surface area (Å²) in [5, 5.41) is 12.4. The molecule has 288 valence electrons. The van der Waals surface area contributed by atoms with Crippen LogP contribution in [0.25, 0.3) is 22.3 Å². The van der Waals surface area contributed by atoms with Crippen molar-refractivity contribution in [3.63, 3.8) is 0 Å². The monoisotopic (exact) mass is 758 g/mol. The fraction of sp³-hybridized carbons (Fsp3) is 0.208. The van der Waals surface area contributed by atoms with Crippen LogP contribution in [0, 0.1) is 5.41 Å². The number of hydrogen-bond donors (Lipinski definition) is 2. The van der Waals surface area contributed by atoms with Crippen molar-refractivity contribution in [3.8, 4) is 22.3 Å². The summed E-state index contributed by atoms with van der Waals surface area (Å²) in [5.41, 5.74) is 13.4. The molecule has 0 aromatic heterocycles. The molecule has 10 rings (SSSR count). The minimum atomic E-state index is -0.0284. The van der Waals surface area contributed by atoms with Crippen molar-refractivity contribution in [2.45, 2.75) is 56.8 Å². The number of hydrazine groups is 1. The topological polar surface area (TPSA) is 39.3 Å². The molecular weight excluding hydrogens is 709 g/mol. The van der Waals surface area contributed by atoms with E-state index in [-0.39, 0.29) is 35.9 Å². The summed E-state index contributed by atoms with van der Waals surface area (Å²) >= 11 is 0. The maximum atomic E-state index is 6.87. The molecule has 8 atom stereocenters. The fourth-order valence-corrected chi connectivity index (χ4v) is 9.62. The van der Waals surface area contributed by atoms with Gasteiger partial charge in [-0.05, 0) is 102 Å². The number of benzene rings is 6. The molecule has 0 bridgehead atoms. The van der Waals surface area contributed by atoms with Crippen LogP contribution in [0.1, 0.15) is 60.3 Å². The molecule has 2 saturated heterocycles. The number of anilines is 2. The molecule has 6 aromatic rings. The van der Waals surface area contributed by atoms with Gasteiger partial charge in [-0.2, -0.15) is 5.01 Å². The smallest absolute Gasteiger partial charge is 0.117 e. The third-order valence-corrected chi connectivity index (χ3v) is 12.7. The van der Waals surface area contributed by atoms with Gasteiger partial charge in [0, 0.05) is 34.8 Å². The number of hydrogen-bond acceptors (Lipinski definition) is 5. The lowest BCUT2D eigenvalue weighted by atomic mass is 9.70. The summed E-state index contributed by atoms with van der Waals surface area (Å²) in [6.07, 6.45) is 14.2. The number of allylic oxidation sites excluding steroid dienone is 3. The molecule has 2 aliphatic carbocycles. The van der Waals surface area contributed by atoms with E-state index in [4.69, 9.17) is 4.74 Å². The van der Waals surface area contributed by atoms with Gasteiger partial charge in [0.05, 0.1) is 12.2 Å². The third kappa shape index (κ3) is 6.84. The van der Waals surface area contributed by atoms with E-state index in [0.717, 1.165) is 30.8 Å². The van der Waals surface area contributed by atoms with Crippen LogP contribution in [0.15, 0.2) is 194 Å². The zero-order valence-corrected chi connectivity index (χ0v) is 33.2. The number of fused-ring (bicyclic) bond motifs is 3. The van der Waals surface area contributed by atoms with Crippen LogP contribution >= 0.6 is 0 Å². The molecule has 2 aliphatic heterocycles. The molecule has 0 spiro atoms. The molecule has 0 radical (unpaired) electrons. The minimum absolute atomic E-state index is 0.00528. The number of rotatable bonds is 11. The van der Waals surface area contributed by atoms with E-state index in [1.54, 1.807) is 0 Å². The second-order valence-electron chi connectivity index (χ2n) is 16.3. The van der Waals surface area contributed by atoms with Crippen molar-refractivity contribution >= 4 is 11.4 Å². The molecule has 0 saturated carbocycles. The first-order chi connectivity index (χ1) is 28.6. The van der Waals surface area contributed by atoms with Crippen molar-refractivity contribution in [2.75, 3.05) is 12.4 Å². The Morgan fingerprint density at radius 1 is 0.741 bits per heavy atom. The zero-order valence-electron chi connectivity index (χ0n) is 33.2. The van der Waals surface area contributed by atoms with Gasteiger partial charge in [0.2, 0.25) is 0 Å². The van der Waals surface area contributed by atoms with E-state index in [1.165, 1.54) is 50.1 Å². The van der Waals surface area contributed by atoms with Crippen molar-refractivity contribution in [1.29, 1.82) is 0 Å². The number of ether oxygens (including phenoxy) is 1. The second kappa shape index (κ2) is 15.5. The molecule has 2 N–H and O–H groups in total. The summed E-state index contributed by atoms with van der Waals surface area (Å²) in [6.45, 7) is 3.18. The SMILES string of the molecule is CNC(c1cccc(-c2ccccc2)c1)N1C(c2ccc(Nc3ccc(C4C=CC=C5C4OC4CCC=CC54C)cc3-c3ccccc3)cc2)[N@]1Cc1ccccc1. The highest BCUT2D eigenvalue weighted by molar-refractivity contribution is 5.82. The Morgan fingerprint density at radius 2 is 1.45 bits per heavy atom. The van der Waals surface area contributed by atoms with E-state index < -0.39 is 0 Å². The van der Waals surface area contributed by atoms with Crippen LogP contribution in [0.3, 0.4) is 0 Å². The van der Waals surface area contributed by atoms with Gasteiger partial charge in [-0.1, -0.05) is 158 Å². The predicted octanol–water partition coefficient (Wildman–Crippen LogP) is 12.1. The molecule has 4 aliphatic rings. The number of nitrogens with zero attached hydrogens (tertiary/aromatic N) is 2. The summed E-state index contributed by atoms with van der Waals surface area (Å²) < 4.78 is 6.87. The van der Waals surface area contributed by atoms with Crippen molar-refractivity contribution in [3.05, 3.63) is 216 Å². The molecule has 6 aromatic carbocycles. The van der Waals surface area contributed by atoms with Crippen molar-refractivity contribution in [1.82, 2.24) is 15.3 Å². The lowest BCUT2D eigenvalue weighted by Gasteiger charge is -2.31. The van der Waals surface area contributed by atoms with Crippen LogP contribution in [0.5, 0.6) is 0 Å². The van der Waals surface area contributed by atoms with Crippen LogP contribution in [0.4, 0.5) is 11.4 Å². The van der Waals surface area contributed by atoms with Crippen molar-refractivity contribution in [2.24, 2.45) is 5.41 Å². The Balaban J connectivity index is 0.928. The van der Waals surface area contributed by atoms with E-state index in [1.807, 2.05) is 0 Å². The average molecular weight is 759 g/mol. The van der Waals surface area contributed by atoms with Gasteiger partial charge in [-0.25, -0.2) is 5.01 Å². The van der Waals surface area contributed by atoms with Crippen molar-refractivity contribution < 1.29 is 4.74 Å². The maximum Gasteiger partial charge on any atom is 0.117 e. The summed E-state index contributed by atoms with van der Waals surface area (Å²) in [5.74, 6) is 0.161. The van der Waals surface area contributed by atoms with Gasteiger partial charge in [0.1, 0.15) is 12.3 Å². The normalized spacial score (nSPS) is 26.0. The Morgan fingerprint density at radius 3 is 2.21 bits per heavy atom. The molecule has 5 heteroatoms. The van der Waals surface area contributed by atoms with Crippen LogP contribution in [0.2, 0.25) is 0 Å². The molecule has 5 nitrogen and oxygen atoms in total. The maximum absolute atomic E-state index is 6.87. The minimum Gasteiger partial charge on any atom is -0.368 e. The Labute approximate surface area is 343 Å². The second-order valence-corrected chi connectivity index (χ2v) is 16.3. The van der Waals surface area contributed by atoms with Gasteiger partial charge in [0.15, 0.2) is 0 Å². The number of nitrogens with one attached hydrogen (secondary N) is 2. The largest absolute Gasteiger partial charge is 0.368 e. The Hall–Kier alpha value is -5.82. The standard InChI is InChI=1S/C53H50N4O/c1-53-33-13-12-26-49(53)58-50-45(24-15-25-47(50)53)42-29-32-48(46(35-42)39-20-10-5-11-21-39)55-44-30-27-40(28-31-44)52-56(36-37-16-6-3-7-17-37)57(52)51(54-2)43-23-14-22-41(34-43)38-18-8-4-9-19-38/h3-11,13-25,27-35,45,49-52,54-55H,12,26,36H2,1-2H3/t45?,49?,50?,51?,52?,53?,56-,57?/m0/s1. The molecular formula is C53H50N4O. The quantitative estimate of drug-likeness (QED) is 0.102. The fourth-order valence-electron chi connectivity index (χ4n) is 9.62. The summed E-state index contributed by atoms with van der Waals surface area (Å²) in [7, 11) is 2.06. The van der Waals surface area contributed by atoms with E-state index in [0.29, 0.717) is 0 Å².